The zero-order chi connectivity index (χ0) is 28.5. The van der Waals surface area contributed by atoms with Gasteiger partial charge in [0.1, 0.15) is 5.76 Å². The minimum Gasteiger partial charge on any atom is -0.395 e. The van der Waals surface area contributed by atoms with Gasteiger partial charge in [-0.1, -0.05) is 50.5 Å². The third-order valence-electron chi connectivity index (χ3n) is 13.4. The Morgan fingerprint density at radius 2 is 1.77 bits per heavy atom. The lowest BCUT2D eigenvalue weighted by Crippen LogP contribution is -2.66. The number of hydrogen-bond acceptors (Lipinski definition) is 7. The summed E-state index contributed by atoms with van der Waals surface area (Å²) in [6.07, 6.45) is 11.7. The highest BCUT2D eigenvalue weighted by atomic mass is 16.5. The second kappa shape index (κ2) is 7.96. The summed E-state index contributed by atoms with van der Waals surface area (Å²) >= 11 is 0. The summed E-state index contributed by atoms with van der Waals surface area (Å²) in [5.74, 6) is 2.80. The fraction of sp³-hybridized carbons (Fsp3) is 0.758. The van der Waals surface area contributed by atoms with Crippen LogP contribution in [0.1, 0.15) is 110 Å². The van der Waals surface area contributed by atoms with Crippen molar-refractivity contribution < 1.29 is 18.9 Å². The maximum Gasteiger partial charge on any atom is 0.233 e. The van der Waals surface area contributed by atoms with Crippen LogP contribution in [0.4, 0.5) is 0 Å². The summed E-state index contributed by atoms with van der Waals surface area (Å²) in [4.78, 5) is 19.5. The Morgan fingerprint density at radius 1 is 1.02 bits per heavy atom. The highest BCUT2D eigenvalue weighted by molar-refractivity contribution is 5.95. The Kier molecular flexibility index (Phi) is 5.29. The van der Waals surface area contributed by atoms with Gasteiger partial charge in [-0.05, 0) is 105 Å². The highest BCUT2D eigenvalue weighted by Gasteiger charge is 2.71. The molecule has 5 aliphatic rings. The quantitative estimate of drug-likeness (QED) is 0.472. The van der Waals surface area contributed by atoms with Crippen molar-refractivity contribution in [2.45, 2.75) is 111 Å². The molecule has 1 N–H and O–H groups in total. The van der Waals surface area contributed by atoms with Crippen LogP contribution in [-0.4, -0.2) is 32.8 Å². The molecule has 2 heterocycles. The Balaban J connectivity index is 1.39. The number of allylic oxidation sites excluding steroid dienone is 2. The predicted molar refractivity (Wildman–Crippen MR) is 149 cm³/mol. The molecule has 2 aromatic heterocycles. The van der Waals surface area contributed by atoms with Crippen LogP contribution in [0, 0.1) is 46.3 Å². The van der Waals surface area contributed by atoms with E-state index in [9.17, 15) is 9.90 Å². The van der Waals surface area contributed by atoms with Crippen molar-refractivity contribution in [2.24, 2.45) is 39.4 Å². The molecule has 0 saturated heterocycles. The normalized spacial score (nSPS) is 45.5. The zero-order valence-corrected chi connectivity index (χ0v) is 25.3. The van der Waals surface area contributed by atoms with Crippen LogP contribution in [-0.2, 0) is 22.0 Å². The first-order chi connectivity index (χ1) is 18.7. The number of carbonyl (C=O) groups excluding carboxylic acids is 1. The molecular weight excluding hydrogens is 502 g/mol. The zero-order valence-electron chi connectivity index (χ0n) is 25.3. The molecular formula is C33H45N3O4. The van der Waals surface area contributed by atoms with Gasteiger partial charge in [0.15, 0.2) is 11.6 Å². The van der Waals surface area contributed by atoms with Crippen LogP contribution < -0.4 is 0 Å². The molecule has 3 saturated carbocycles. The van der Waals surface area contributed by atoms with Gasteiger partial charge in [-0.2, -0.15) is 4.98 Å². The molecule has 0 spiro atoms. The van der Waals surface area contributed by atoms with Crippen LogP contribution in [0.15, 0.2) is 26.9 Å². The summed E-state index contributed by atoms with van der Waals surface area (Å²) in [5.41, 5.74) is 1.21. The first-order valence-corrected chi connectivity index (χ1v) is 15.4. The number of rotatable bonds is 2. The van der Waals surface area contributed by atoms with E-state index in [2.05, 4.69) is 57.9 Å². The number of ketones is 1. The van der Waals surface area contributed by atoms with Crippen molar-refractivity contribution in [3.05, 3.63) is 40.9 Å². The lowest BCUT2D eigenvalue weighted by atomic mass is 9.34. The van der Waals surface area contributed by atoms with Gasteiger partial charge in [-0.25, -0.2) is 0 Å². The number of aliphatic hydroxyl groups is 1. The first-order valence-electron chi connectivity index (χ1n) is 15.4. The summed E-state index contributed by atoms with van der Waals surface area (Å²) in [5, 5.41) is 19.1. The lowest BCUT2D eigenvalue weighted by molar-refractivity contribution is -0.162. The average molecular weight is 548 g/mol. The molecule has 7 heteroatoms. The number of aliphatic hydroxyl groups excluding tert-OH is 1. The van der Waals surface area contributed by atoms with Gasteiger partial charge in [0, 0.05) is 11.5 Å². The number of aromatic nitrogens is 3. The molecule has 40 heavy (non-hydrogen) atoms. The standard InChI is InChI=1S/C33H45N3O4/c1-19-35-27(40-36-19)33-12-10-28(2,3)16-21(33)25-22(38)14-24-29(4)15-20-17-34-39-26(20)30(5,18-37)23(29)8-9-31(24,6)32(25,7)11-13-33/h14,17,21,23,25,37H,8-13,15-16,18H2,1-7H3/t21-,23+,25-,29-,30-,31+,32+,33-/m0/s1. The molecule has 3 fully saturated rings. The molecule has 216 valence electrons. The minimum absolute atomic E-state index is 0.0105. The third kappa shape index (κ3) is 3.06. The summed E-state index contributed by atoms with van der Waals surface area (Å²) in [7, 11) is 0. The highest BCUT2D eigenvalue weighted by Crippen LogP contribution is 2.74. The molecule has 2 aromatic rings. The fourth-order valence-electron chi connectivity index (χ4n) is 11.2. The number of hydrogen-bond donors (Lipinski definition) is 1. The van der Waals surface area contributed by atoms with Gasteiger partial charge in [-0.15, -0.1) is 0 Å². The SMILES string of the molecule is Cc1noc([C@]23CCC(C)(C)C[C@H]2[C@H]2C(=O)C=C4[C@@]5(C)Cc6cnoc6[C@@](C)(CO)[C@@H]5CC[C@@]4(C)[C@]2(C)CC3)n1. The number of nitrogens with zero attached hydrogens (tertiary/aromatic N) is 3. The van der Waals surface area contributed by atoms with Crippen LogP contribution in [0.3, 0.4) is 0 Å². The number of fused-ring (bicyclic) bond motifs is 8. The monoisotopic (exact) mass is 547 g/mol. The van der Waals surface area contributed by atoms with Crippen LogP contribution in [0.25, 0.3) is 0 Å². The molecule has 0 amide bonds. The topological polar surface area (TPSA) is 102 Å². The second-order valence-electron chi connectivity index (χ2n) is 15.9. The van der Waals surface area contributed by atoms with E-state index in [1.165, 1.54) is 5.57 Å². The van der Waals surface area contributed by atoms with Crippen molar-refractivity contribution in [3.8, 4) is 0 Å². The van der Waals surface area contributed by atoms with Crippen LogP contribution in [0.2, 0.25) is 0 Å². The number of aryl methyl sites for hydroxylation is 1. The fourth-order valence-corrected chi connectivity index (χ4v) is 11.2. The minimum atomic E-state index is -0.521. The Bertz CT molecular complexity index is 1420. The van der Waals surface area contributed by atoms with Crippen LogP contribution in [0.5, 0.6) is 0 Å². The first kappa shape index (κ1) is 26.6. The molecule has 0 radical (unpaired) electrons. The van der Waals surface area contributed by atoms with Crippen molar-refractivity contribution in [3.63, 3.8) is 0 Å². The molecule has 7 rings (SSSR count). The largest absolute Gasteiger partial charge is 0.395 e. The molecule has 5 aliphatic carbocycles. The molecule has 8 atom stereocenters. The van der Waals surface area contributed by atoms with Crippen molar-refractivity contribution in [2.75, 3.05) is 6.61 Å². The Labute approximate surface area is 237 Å². The van der Waals surface area contributed by atoms with E-state index in [4.69, 9.17) is 14.0 Å². The summed E-state index contributed by atoms with van der Waals surface area (Å²) in [6.45, 7) is 16.0. The predicted octanol–water partition coefficient (Wildman–Crippen LogP) is 6.28. The molecule has 0 bridgehead atoms. The van der Waals surface area contributed by atoms with Crippen LogP contribution >= 0.6 is 0 Å². The van der Waals surface area contributed by atoms with E-state index in [1.807, 2.05) is 13.1 Å². The van der Waals surface area contributed by atoms with Crippen molar-refractivity contribution in [1.82, 2.24) is 15.3 Å². The summed E-state index contributed by atoms with van der Waals surface area (Å²) < 4.78 is 11.7. The maximum absolute atomic E-state index is 14.7. The molecule has 0 unspecified atom stereocenters. The Morgan fingerprint density at radius 3 is 2.48 bits per heavy atom. The van der Waals surface area contributed by atoms with Gasteiger partial charge in [0.25, 0.3) is 0 Å². The van der Waals surface area contributed by atoms with E-state index in [1.54, 1.807) is 0 Å². The third-order valence-corrected chi connectivity index (χ3v) is 13.4. The van der Waals surface area contributed by atoms with E-state index < -0.39 is 5.41 Å². The average Bonchev–Trinajstić information content (AvgIpc) is 3.54. The van der Waals surface area contributed by atoms with Crippen molar-refractivity contribution >= 4 is 5.78 Å². The van der Waals surface area contributed by atoms with Gasteiger partial charge in [0.2, 0.25) is 5.89 Å². The Hall–Kier alpha value is -2.28. The number of carbonyl (C=O) groups is 1. The molecule has 0 aromatic carbocycles. The maximum atomic E-state index is 14.7. The van der Waals surface area contributed by atoms with Gasteiger partial charge < -0.3 is 14.2 Å². The van der Waals surface area contributed by atoms with Crippen molar-refractivity contribution in [1.29, 1.82) is 0 Å². The van der Waals surface area contributed by atoms with E-state index in [0.29, 0.717) is 5.82 Å². The molecule has 0 aliphatic heterocycles. The molecule has 7 nitrogen and oxygen atoms in total. The van der Waals surface area contributed by atoms with Gasteiger partial charge in [-0.3, -0.25) is 4.79 Å². The van der Waals surface area contributed by atoms with E-state index >= 15 is 0 Å². The van der Waals surface area contributed by atoms with Gasteiger partial charge >= 0.3 is 0 Å². The smallest absolute Gasteiger partial charge is 0.233 e. The van der Waals surface area contributed by atoms with E-state index in [0.717, 1.165) is 68.6 Å². The summed E-state index contributed by atoms with van der Waals surface area (Å²) in [6, 6.07) is 0. The van der Waals surface area contributed by atoms with Gasteiger partial charge in [0.05, 0.1) is 23.6 Å². The second-order valence-corrected chi connectivity index (χ2v) is 15.9. The van der Waals surface area contributed by atoms with E-state index in [-0.39, 0.29) is 57.2 Å². The lowest BCUT2D eigenvalue weighted by Gasteiger charge is -2.69.